The lowest BCUT2D eigenvalue weighted by Crippen LogP contribution is -2.16. The Morgan fingerprint density at radius 2 is 2.30 bits per heavy atom. The number of fused-ring (bicyclic) bond motifs is 1. The van der Waals surface area contributed by atoms with Gasteiger partial charge < -0.3 is 15.6 Å². The number of H-pyrrole nitrogens is 1. The van der Waals surface area contributed by atoms with Gasteiger partial charge in [-0.15, -0.1) is 0 Å². The molecule has 1 aromatic carbocycles. The molecule has 20 heavy (non-hydrogen) atoms. The number of aromatic nitrogens is 4. The number of nitrogens with one attached hydrogen (secondary N) is 2. The molecule has 7 heteroatoms. The Morgan fingerprint density at radius 1 is 1.40 bits per heavy atom. The maximum absolute atomic E-state index is 11.9. The van der Waals surface area contributed by atoms with Crippen molar-refractivity contribution in [1.82, 2.24) is 19.5 Å². The molecule has 3 aromatic rings. The van der Waals surface area contributed by atoms with E-state index < -0.39 is 0 Å². The zero-order valence-electron chi connectivity index (χ0n) is 10.7. The average Bonchev–Trinajstić information content (AvgIpc) is 2.93. The van der Waals surface area contributed by atoms with Gasteiger partial charge in [0.05, 0.1) is 17.2 Å². The van der Waals surface area contributed by atoms with Crippen LogP contribution in [0.5, 0.6) is 0 Å². The Labute approximate surface area is 114 Å². The summed E-state index contributed by atoms with van der Waals surface area (Å²) in [6, 6.07) is 5.08. The summed E-state index contributed by atoms with van der Waals surface area (Å²) in [5.74, 6) is 0.451. The van der Waals surface area contributed by atoms with Gasteiger partial charge >= 0.3 is 0 Å². The Balaban J connectivity index is 1.78. The fourth-order valence-corrected chi connectivity index (χ4v) is 1.96. The van der Waals surface area contributed by atoms with Crippen molar-refractivity contribution in [2.45, 2.75) is 6.54 Å². The summed E-state index contributed by atoms with van der Waals surface area (Å²) in [6.45, 7) is 1.38. The van der Waals surface area contributed by atoms with E-state index in [4.69, 9.17) is 5.73 Å². The first kappa shape index (κ1) is 12.2. The average molecular weight is 270 g/mol. The van der Waals surface area contributed by atoms with Crippen LogP contribution in [-0.2, 0) is 6.54 Å². The first-order valence-electron chi connectivity index (χ1n) is 6.21. The molecule has 0 bridgehead atoms. The number of rotatable bonds is 4. The highest BCUT2D eigenvalue weighted by molar-refractivity contribution is 5.81. The van der Waals surface area contributed by atoms with E-state index in [-0.39, 0.29) is 5.56 Å². The van der Waals surface area contributed by atoms with Gasteiger partial charge in [0.2, 0.25) is 5.95 Å². The minimum absolute atomic E-state index is 0.201. The monoisotopic (exact) mass is 270 g/mol. The van der Waals surface area contributed by atoms with Crippen LogP contribution in [0.4, 0.5) is 11.6 Å². The van der Waals surface area contributed by atoms with Gasteiger partial charge in [-0.3, -0.25) is 9.78 Å². The largest absolute Gasteiger partial charge is 0.399 e. The lowest BCUT2D eigenvalue weighted by Gasteiger charge is -2.07. The molecule has 0 saturated heterocycles. The predicted octanol–water partition coefficient (Wildman–Crippen LogP) is 0.814. The molecule has 0 aliphatic carbocycles. The number of nitrogens with two attached hydrogens (primary N) is 1. The number of imidazole rings is 1. The van der Waals surface area contributed by atoms with Gasteiger partial charge in [0, 0.05) is 31.2 Å². The fourth-order valence-electron chi connectivity index (χ4n) is 1.96. The van der Waals surface area contributed by atoms with Crippen LogP contribution >= 0.6 is 0 Å². The molecule has 0 saturated carbocycles. The molecule has 0 atom stereocenters. The molecule has 0 spiro atoms. The maximum Gasteiger partial charge on any atom is 0.260 e. The van der Waals surface area contributed by atoms with Crippen LogP contribution in [-0.4, -0.2) is 26.1 Å². The predicted molar refractivity (Wildman–Crippen MR) is 77.5 cm³/mol. The summed E-state index contributed by atoms with van der Waals surface area (Å²) in [4.78, 5) is 22.9. The number of anilines is 2. The number of benzene rings is 1. The molecule has 3 rings (SSSR count). The van der Waals surface area contributed by atoms with Gasteiger partial charge in [0.25, 0.3) is 5.56 Å². The molecule has 0 fully saturated rings. The molecule has 0 aliphatic rings. The van der Waals surface area contributed by atoms with Crippen molar-refractivity contribution in [3.05, 3.63) is 47.3 Å². The zero-order chi connectivity index (χ0) is 13.9. The van der Waals surface area contributed by atoms with Gasteiger partial charge in [-0.05, 0) is 18.2 Å². The highest BCUT2D eigenvalue weighted by Crippen LogP contribution is 2.12. The number of hydrogen-bond acceptors (Lipinski definition) is 5. The highest BCUT2D eigenvalue weighted by Gasteiger charge is 2.03. The van der Waals surface area contributed by atoms with Crippen molar-refractivity contribution in [2.75, 3.05) is 17.6 Å². The Kier molecular flexibility index (Phi) is 3.08. The topological polar surface area (TPSA) is 102 Å². The normalized spacial score (nSPS) is 10.8. The third kappa shape index (κ3) is 2.46. The third-order valence-corrected chi connectivity index (χ3v) is 2.95. The molecule has 7 nitrogen and oxygen atoms in total. The van der Waals surface area contributed by atoms with Crippen molar-refractivity contribution in [2.24, 2.45) is 0 Å². The fraction of sp³-hybridized carbons (Fsp3) is 0.154. The van der Waals surface area contributed by atoms with Crippen LogP contribution in [0.15, 0.2) is 41.7 Å². The molecule has 4 N–H and O–H groups in total. The second-order valence-corrected chi connectivity index (χ2v) is 4.42. The molecule has 0 radical (unpaired) electrons. The van der Waals surface area contributed by atoms with E-state index in [9.17, 15) is 4.79 Å². The van der Waals surface area contributed by atoms with Crippen molar-refractivity contribution in [3.63, 3.8) is 0 Å². The van der Waals surface area contributed by atoms with Crippen LogP contribution in [0.3, 0.4) is 0 Å². The SMILES string of the molecule is Nc1ccc2nc(NCCn3ccnc3)[nH]c(=O)c2c1. The van der Waals surface area contributed by atoms with Crippen LogP contribution in [0.25, 0.3) is 10.9 Å². The summed E-state index contributed by atoms with van der Waals surface area (Å²) < 4.78 is 1.94. The molecule has 2 aromatic heterocycles. The zero-order valence-corrected chi connectivity index (χ0v) is 10.7. The van der Waals surface area contributed by atoms with E-state index in [0.717, 1.165) is 6.54 Å². The standard InChI is InChI=1S/C13H14N6O/c14-9-1-2-11-10(7-9)12(20)18-13(17-11)16-4-6-19-5-3-15-8-19/h1-3,5,7-8H,4,6,14H2,(H2,16,17,18,20). The molecule has 0 amide bonds. The van der Waals surface area contributed by atoms with Gasteiger partial charge in [-0.25, -0.2) is 9.97 Å². The number of aromatic amines is 1. The summed E-state index contributed by atoms with van der Waals surface area (Å²) in [7, 11) is 0. The van der Waals surface area contributed by atoms with E-state index in [0.29, 0.717) is 29.1 Å². The summed E-state index contributed by atoms with van der Waals surface area (Å²) in [6.07, 6.45) is 5.34. The number of nitrogen functional groups attached to an aromatic ring is 1. The van der Waals surface area contributed by atoms with Gasteiger partial charge in [0.1, 0.15) is 0 Å². The van der Waals surface area contributed by atoms with Gasteiger partial charge in [-0.1, -0.05) is 0 Å². The van der Waals surface area contributed by atoms with E-state index in [1.54, 1.807) is 30.7 Å². The first-order chi connectivity index (χ1) is 9.72. The molecular formula is C13H14N6O. The van der Waals surface area contributed by atoms with Gasteiger partial charge in [0.15, 0.2) is 0 Å². The number of nitrogens with zero attached hydrogens (tertiary/aromatic N) is 3. The van der Waals surface area contributed by atoms with Crippen LogP contribution in [0, 0.1) is 0 Å². The molecule has 0 unspecified atom stereocenters. The molecule has 102 valence electrons. The maximum atomic E-state index is 11.9. The lowest BCUT2D eigenvalue weighted by molar-refractivity contribution is 0.723. The summed E-state index contributed by atoms with van der Waals surface area (Å²) >= 11 is 0. The second-order valence-electron chi connectivity index (χ2n) is 4.42. The van der Waals surface area contributed by atoms with Crippen molar-refractivity contribution < 1.29 is 0 Å². The van der Waals surface area contributed by atoms with Gasteiger partial charge in [-0.2, -0.15) is 0 Å². The molecule has 2 heterocycles. The van der Waals surface area contributed by atoms with Crippen molar-refractivity contribution in [1.29, 1.82) is 0 Å². The minimum Gasteiger partial charge on any atom is -0.399 e. The first-order valence-corrected chi connectivity index (χ1v) is 6.21. The van der Waals surface area contributed by atoms with E-state index >= 15 is 0 Å². The number of hydrogen-bond donors (Lipinski definition) is 3. The molecule has 0 aliphatic heterocycles. The van der Waals surface area contributed by atoms with E-state index in [1.165, 1.54) is 0 Å². The minimum atomic E-state index is -0.201. The van der Waals surface area contributed by atoms with Crippen molar-refractivity contribution in [3.8, 4) is 0 Å². The smallest absolute Gasteiger partial charge is 0.260 e. The molecular weight excluding hydrogens is 256 g/mol. The van der Waals surface area contributed by atoms with Crippen LogP contribution < -0.4 is 16.6 Å². The van der Waals surface area contributed by atoms with E-state index in [2.05, 4.69) is 20.3 Å². The van der Waals surface area contributed by atoms with Crippen LogP contribution in [0.2, 0.25) is 0 Å². The van der Waals surface area contributed by atoms with Crippen molar-refractivity contribution >= 4 is 22.5 Å². The highest BCUT2D eigenvalue weighted by atomic mass is 16.1. The lowest BCUT2D eigenvalue weighted by atomic mass is 10.2. The third-order valence-electron chi connectivity index (χ3n) is 2.95. The quantitative estimate of drug-likeness (QED) is 0.609. The second kappa shape index (κ2) is 5.04. The Morgan fingerprint density at radius 3 is 3.10 bits per heavy atom. The van der Waals surface area contributed by atoms with Crippen LogP contribution in [0.1, 0.15) is 0 Å². The Hall–Kier alpha value is -2.83. The van der Waals surface area contributed by atoms with E-state index in [1.807, 2.05) is 10.8 Å². The Bertz CT molecular complexity index is 777. The summed E-state index contributed by atoms with van der Waals surface area (Å²) in [5.41, 5.74) is 6.62. The summed E-state index contributed by atoms with van der Waals surface area (Å²) in [5, 5.41) is 3.57.